The van der Waals surface area contributed by atoms with Gasteiger partial charge in [0.15, 0.2) is 22.6 Å². The van der Waals surface area contributed by atoms with Gasteiger partial charge in [0.05, 0.1) is 34.2 Å². The van der Waals surface area contributed by atoms with Crippen LogP contribution in [0.3, 0.4) is 0 Å². The number of anilines is 2. The highest BCUT2D eigenvalue weighted by molar-refractivity contribution is 6.33. The van der Waals surface area contributed by atoms with Gasteiger partial charge in [-0.05, 0) is 57.2 Å². The molecule has 0 radical (unpaired) electrons. The molecule has 13 nitrogen and oxygen atoms in total. The number of nitrogens with one attached hydrogen (secondary N) is 1. The number of amides is 2. The largest absolute Gasteiger partial charge is 0.504 e. The Kier molecular flexibility index (Phi) is 8.52. The lowest BCUT2D eigenvalue weighted by Gasteiger charge is -2.54. The molecule has 2 saturated carbocycles. The summed E-state index contributed by atoms with van der Waals surface area (Å²) in [5.74, 6) is -1.15. The first-order valence-electron chi connectivity index (χ1n) is 16.2. The van der Waals surface area contributed by atoms with Gasteiger partial charge in [-0.25, -0.2) is 19.9 Å². The van der Waals surface area contributed by atoms with Crippen LogP contribution >= 0.6 is 11.6 Å². The van der Waals surface area contributed by atoms with E-state index in [1.807, 2.05) is 11.8 Å². The first kappa shape index (κ1) is 33.5. The molecule has 0 bridgehead atoms. The van der Waals surface area contributed by atoms with E-state index in [2.05, 4.69) is 25.3 Å². The molecule has 0 spiro atoms. The van der Waals surface area contributed by atoms with E-state index >= 15 is 0 Å². The molecule has 3 aromatic heterocycles. The lowest BCUT2D eigenvalue weighted by Crippen LogP contribution is -2.67. The van der Waals surface area contributed by atoms with Crippen molar-refractivity contribution in [3.63, 3.8) is 0 Å². The van der Waals surface area contributed by atoms with Crippen LogP contribution < -0.4 is 20.4 Å². The van der Waals surface area contributed by atoms with Gasteiger partial charge in [-0.3, -0.25) is 14.4 Å². The fraction of sp³-hybridized carbons (Fsp3) is 0.424. The predicted molar refractivity (Wildman–Crippen MR) is 176 cm³/mol. The number of pyridine rings is 1. The van der Waals surface area contributed by atoms with Crippen molar-refractivity contribution < 1.29 is 32.6 Å². The number of piperazine rings is 1. The Labute approximate surface area is 288 Å². The Morgan fingerprint density at radius 3 is 2.52 bits per heavy atom. The van der Waals surface area contributed by atoms with Gasteiger partial charge in [0.1, 0.15) is 24.7 Å². The number of rotatable bonds is 8. The van der Waals surface area contributed by atoms with E-state index in [4.69, 9.17) is 16.3 Å². The van der Waals surface area contributed by atoms with Crippen molar-refractivity contribution in [3.8, 4) is 11.6 Å². The van der Waals surface area contributed by atoms with Crippen molar-refractivity contribution in [1.82, 2.24) is 29.4 Å². The SMILES string of the molecule is CCc1c(N2CCN(C(=O)c3ncnc(C)c3O)[C@H]3CC[C@@H]32)c(=O)c2nc(OC3CC3)cnc2n1CC(=O)Nc1ccc(C(F)(F)F)cc1Cl. The average molecular weight is 713 g/mol. The molecule has 2 atom stereocenters. The molecule has 1 aromatic carbocycles. The zero-order valence-corrected chi connectivity index (χ0v) is 27.8. The Morgan fingerprint density at radius 2 is 1.86 bits per heavy atom. The second-order valence-electron chi connectivity index (χ2n) is 12.6. The van der Waals surface area contributed by atoms with Crippen LogP contribution in [-0.2, 0) is 23.9 Å². The quantitative estimate of drug-likeness (QED) is 0.267. The minimum Gasteiger partial charge on any atom is -0.504 e. The summed E-state index contributed by atoms with van der Waals surface area (Å²) < 4.78 is 47.0. The van der Waals surface area contributed by atoms with Gasteiger partial charge in [-0.15, -0.1) is 0 Å². The molecule has 7 rings (SSSR count). The molecule has 3 aliphatic rings. The Balaban J connectivity index is 1.25. The van der Waals surface area contributed by atoms with E-state index in [0.29, 0.717) is 30.6 Å². The number of aromatic nitrogens is 5. The lowest BCUT2D eigenvalue weighted by atomic mass is 9.81. The van der Waals surface area contributed by atoms with Crippen LogP contribution in [0.2, 0.25) is 5.02 Å². The highest BCUT2D eigenvalue weighted by atomic mass is 35.5. The number of hydrogen-bond donors (Lipinski definition) is 2. The number of benzene rings is 1. The van der Waals surface area contributed by atoms with Crippen LogP contribution in [0.4, 0.5) is 24.5 Å². The number of ether oxygens (including phenoxy) is 1. The van der Waals surface area contributed by atoms with Crippen molar-refractivity contribution in [3.05, 3.63) is 68.6 Å². The number of aryl methyl sites for hydroxylation is 1. The van der Waals surface area contributed by atoms with Crippen molar-refractivity contribution in [2.24, 2.45) is 0 Å². The minimum absolute atomic E-state index is 0.00789. The standard InChI is InChI=1S/C33H32ClF3N8O5/c1-3-21-28(43-10-11-44(23-9-8-22(23)43)32(49)27-29(47)16(2)39-15-40-27)30(48)26-31(38-13-25(42-26)50-18-5-6-18)45(21)14-24(46)41-20-7-4-17(12-19(20)34)33(35,36)37/h4,7,12-13,15,18,22-23,47H,3,5-6,8-11,14H2,1-2H3,(H,41,46)/t22-,23-/m0/s1. The van der Waals surface area contributed by atoms with Crippen LogP contribution in [0.15, 0.2) is 35.5 Å². The number of fused-ring (bicyclic) bond motifs is 2. The highest BCUT2D eigenvalue weighted by Crippen LogP contribution is 2.39. The molecule has 17 heteroatoms. The van der Waals surface area contributed by atoms with Gasteiger partial charge in [0.2, 0.25) is 17.2 Å². The molecule has 50 heavy (non-hydrogen) atoms. The Morgan fingerprint density at radius 1 is 1.10 bits per heavy atom. The van der Waals surface area contributed by atoms with Gasteiger partial charge in [-0.2, -0.15) is 13.2 Å². The monoisotopic (exact) mass is 712 g/mol. The predicted octanol–water partition coefficient (Wildman–Crippen LogP) is 4.50. The Hall–Kier alpha value is -4.99. The molecule has 2 N–H and O–H groups in total. The lowest BCUT2D eigenvalue weighted by molar-refractivity contribution is -0.137. The molecule has 262 valence electrons. The fourth-order valence-electron chi connectivity index (χ4n) is 6.61. The third kappa shape index (κ3) is 6.05. The van der Waals surface area contributed by atoms with Crippen LogP contribution in [0.25, 0.3) is 11.2 Å². The maximum Gasteiger partial charge on any atom is 0.416 e. The zero-order chi connectivity index (χ0) is 35.5. The first-order valence-corrected chi connectivity index (χ1v) is 16.6. The van der Waals surface area contributed by atoms with Crippen molar-refractivity contribution >= 4 is 46.0 Å². The molecule has 0 unspecified atom stereocenters. The minimum atomic E-state index is -4.61. The van der Waals surface area contributed by atoms with E-state index in [-0.39, 0.29) is 82.7 Å². The van der Waals surface area contributed by atoms with E-state index in [9.17, 15) is 32.7 Å². The smallest absolute Gasteiger partial charge is 0.416 e. The topological polar surface area (TPSA) is 156 Å². The third-order valence-electron chi connectivity index (χ3n) is 9.38. The summed E-state index contributed by atoms with van der Waals surface area (Å²) in [4.78, 5) is 62.1. The van der Waals surface area contributed by atoms with Gasteiger partial charge in [0.25, 0.3) is 5.91 Å². The van der Waals surface area contributed by atoms with Crippen LogP contribution in [0, 0.1) is 6.92 Å². The van der Waals surface area contributed by atoms with Crippen LogP contribution in [0.1, 0.15) is 60.0 Å². The second kappa shape index (κ2) is 12.7. The molecule has 4 aromatic rings. The number of aromatic hydroxyl groups is 1. The van der Waals surface area contributed by atoms with E-state index in [1.165, 1.54) is 12.5 Å². The van der Waals surface area contributed by atoms with Crippen molar-refractivity contribution in [2.75, 3.05) is 23.3 Å². The third-order valence-corrected chi connectivity index (χ3v) is 9.69. The number of alkyl halides is 3. The van der Waals surface area contributed by atoms with Gasteiger partial charge >= 0.3 is 6.18 Å². The summed E-state index contributed by atoms with van der Waals surface area (Å²) in [6, 6.07) is 2.12. The molecular weight excluding hydrogens is 681 g/mol. The molecule has 2 amide bonds. The summed E-state index contributed by atoms with van der Waals surface area (Å²) in [5, 5.41) is 12.8. The maximum absolute atomic E-state index is 14.4. The number of nitrogens with zero attached hydrogens (tertiary/aromatic N) is 7. The van der Waals surface area contributed by atoms with Gasteiger partial charge in [0, 0.05) is 24.8 Å². The molecule has 1 aliphatic heterocycles. The van der Waals surface area contributed by atoms with E-state index < -0.39 is 29.0 Å². The van der Waals surface area contributed by atoms with Crippen molar-refractivity contribution in [2.45, 2.75) is 76.9 Å². The van der Waals surface area contributed by atoms with E-state index in [0.717, 1.165) is 31.0 Å². The van der Waals surface area contributed by atoms with Crippen molar-refractivity contribution in [1.29, 1.82) is 0 Å². The normalized spacial score (nSPS) is 18.8. The summed E-state index contributed by atoms with van der Waals surface area (Å²) in [6.45, 7) is 3.55. The number of carbonyl (C=O) groups is 2. The molecule has 2 aliphatic carbocycles. The van der Waals surface area contributed by atoms with Crippen LogP contribution in [0.5, 0.6) is 11.6 Å². The van der Waals surface area contributed by atoms with Gasteiger partial charge in [-0.1, -0.05) is 18.5 Å². The Bertz CT molecular complexity index is 2090. The molecule has 1 saturated heterocycles. The molecular formula is C33H32ClF3N8O5. The highest BCUT2D eigenvalue weighted by Gasteiger charge is 2.47. The summed E-state index contributed by atoms with van der Waals surface area (Å²) in [7, 11) is 0. The maximum atomic E-state index is 14.4. The van der Waals surface area contributed by atoms with Gasteiger partial charge < -0.3 is 29.5 Å². The first-order chi connectivity index (χ1) is 23.8. The zero-order valence-electron chi connectivity index (χ0n) is 27.0. The summed E-state index contributed by atoms with van der Waals surface area (Å²) in [6.07, 6.45) is 1.36. The summed E-state index contributed by atoms with van der Waals surface area (Å²) >= 11 is 6.12. The average Bonchev–Trinajstić information content (AvgIpc) is 3.88. The van der Waals surface area contributed by atoms with Crippen LogP contribution in [-0.4, -0.2) is 77.6 Å². The van der Waals surface area contributed by atoms with E-state index in [1.54, 1.807) is 16.4 Å². The number of hydrogen-bond acceptors (Lipinski definition) is 10. The summed E-state index contributed by atoms with van der Waals surface area (Å²) in [5.41, 5.74) is -0.220. The fourth-order valence-corrected chi connectivity index (χ4v) is 6.84. The second-order valence-corrected chi connectivity index (χ2v) is 13.0. The molecule has 4 heterocycles. The molecule has 3 fully saturated rings. The number of halogens is 4. The number of carbonyl (C=O) groups excluding carboxylic acids is 2.